The third kappa shape index (κ3) is 5.22. The molecule has 15 heavy (non-hydrogen) atoms. The lowest BCUT2D eigenvalue weighted by Gasteiger charge is -2.31. The third-order valence-corrected chi connectivity index (χ3v) is 1.83. The van der Waals surface area contributed by atoms with Crippen LogP contribution in [0.5, 0.6) is 0 Å². The molecule has 0 radical (unpaired) electrons. The van der Waals surface area contributed by atoms with E-state index in [0.717, 1.165) is 0 Å². The maximum Gasteiger partial charge on any atom is 0.405 e. The van der Waals surface area contributed by atoms with Gasteiger partial charge in [-0.15, -0.1) is 0 Å². The Morgan fingerprint density at radius 1 is 1.13 bits per heavy atom. The second kappa shape index (κ2) is 5.02. The number of halogens is 6. The van der Waals surface area contributed by atoms with Crippen molar-refractivity contribution < 1.29 is 26.3 Å². The molecule has 0 aliphatic rings. The first-order valence-corrected chi connectivity index (χ1v) is 4.19. The summed E-state index contributed by atoms with van der Waals surface area (Å²) in [6, 6.07) is -2.25. The van der Waals surface area contributed by atoms with Crippen LogP contribution in [-0.2, 0) is 0 Å². The van der Waals surface area contributed by atoms with Crippen molar-refractivity contribution in [2.24, 2.45) is 5.73 Å². The molecule has 1 unspecified atom stereocenters. The van der Waals surface area contributed by atoms with E-state index in [0.29, 0.717) is 0 Å². The van der Waals surface area contributed by atoms with Crippen LogP contribution in [0.1, 0.15) is 6.92 Å². The largest absolute Gasteiger partial charge is 0.405 e. The van der Waals surface area contributed by atoms with Crippen LogP contribution in [0.2, 0.25) is 0 Å². The average molecular weight is 238 g/mol. The summed E-state index contributed by atoms with van der Waals surface area (Å²) in [7, 11) is 0. The van der Waals surface area contributed by atoms with E-state index in [1.165, 1.54) is 6.92 Å². The highest BCUT2D eigenvalue weighted by Crippen LogP contribution is 2.26. The average Bonchev–Trinajstić information content (AvgIpc) is 1.98. The van der Waals surface area contributed by atoms with Crippen LogP contribution in [0.4, 0.5) is 26.3 Å². The van der Waals surface area contributed by atoms with Crippen molar-refractivity contribution in [2.75, 3.05) is 19.6 Å². The van der Waals surface area contributed by atoms with Gasteiger partial charge in [0.2, 0.25) is 0 Å². The minimum absolute atomic E-state index is 0.264. The summed E-state index contributed by atoms with van der Waals surface area (Å²) < 4.78 is 72.5. The maximum atomic E-state index is 12.2. The van der Waals surface area contributed by atoms with Gasteiger partial charge in [-0.2, -0.15) is 26.3 Å². The van der Waals surface area contributed by atoms with Gasteiger partial charge in [0.15, 0.2) is 0 Å². The van der Waals surface area contributed by atoms with Crippen LogP contribution in [0.15, 0.2) is 0 Å². The van der Waals surface area contributed by atoms with E-state index in [1.807, 2.05) is 0 Å². The number of rotatable bonds is 4. The standard InChI is InChI=1S/C7H12F6N2/c1-2-15(4-6(8,9)10)5(3-14)7(11,12)13/h5H,2-4,14H2,1H3. The Hall–Kier alpha value is -0.500. The van der Waals surface area contributed by atoms with Gasteiger partial charge in [0.05, 0.1) is 6.54 Å². The van der Waals surface area contributed by atoms with Crippen LogP contribution in [0, 0.1) is 0 Å². The van der Waals surface area contributed by atoms with Crippen LogP contribution in [-0.4, -0.2) is 42.9 Å². The topological polar surface area (TPSA) is 29.3 Å². The molecule has 1 atom stereocenters. The quantitative estimate of drug-likeness (QED) is 0.756. The Bertz CT molecular complexity index is 187. The molecule has 0 aromatic rings. The molecule has 0 heterocycles. The lowest BCUT2D eigenvalue weighted by atomic mass is 10.2. The predicted molar refractivity (Wildman–Crippen MR) is 42.2 cm³/mol. The molecule has 8 heteroatoms. The maximum absolute atomic E-state index is 12.2. The molecule has 0 bridgehead atoms. The second-order valence-corrected chi connectivity index (χ2v) is 2.97. The third-order valence-electron chi connectivity index (χ3n) is 1.83. The van der Waals surface area contributed by atoms with Crippen molar-refractivity contribution in [2.45, 2.75) is 25.3 Å². The van der Waals surface area contributed by atoms with Crippen LogP contribution in [0.3, 0.4) is 0 Å². The Labute approximate surface area is 83.0 Å². The van der Waals surface area contributed by atoms with E-state index in [9.17, 15) is 26.3 Å². The van der Waals surface area contributed by atoms with E-state index in [-0.39, 0.29) is 11.4 Å². The molecule has 92 valence electrons. The van der Waals surface area contributed by atoms with Gasteiger partial charge >= 0.3 is 12.4 Å². The lowest BCUT2D eigenvalue weighted by molar-refractivity contribution is -0.206. The van der Waals surface area contributed by atoms with Crippen LogP contribution in [0.25, 0.3) is 0 Å². The van der Waals surface area contributed by atoms with E-state index >= 15 is 0 Å². The minimum atomic E-state index is -4.74. The summed E-state index contributed by atoms with van der Waals surface area (Å²) in [4.78, 5) is 0.264. The van der Waals surface area contributed by atoms with Gasteiger partial charge in [0, 0.05) is 6.54 Å². The fourth-order valence-electron chi connectivity index (χ4n) is 1.16. The zero-order chi connectivity index (χ0) is 12.3. The monoisotopic (exact) mass is 238 g/mol. The molecule has 0 rings (SSSR count). The lowest BCUT2D eigenvalue weighted by Crippen LogP contribution is -2.52. The molecule has 0 spiro atoms. The van der Waals surface area contributed by atoms with Crippen molar-refractivity contribution in [1.29, 1.82) is 0 Å². The number of nitrogens with two attached hydrogens (primary N) is 1. The zero-order valence-corrected chi connectivity index (χ0v) is 7.99. The van der Waals surface area contributed by atoms with Gasteiger partial charge < -0.3 is 5.73 Å². The van der Waals surface area contributed by atoms with E-state index in [1.54, 1.807) is 0 Å². The van der Waals surface area contributed by atoms with Gasteiger partial charge in [-0.25, -0.2) is 0 Å². The zero-order valence-electron chi connectivity index (χ0n) is 7.99. The number of likely N-dealkylation sites (N-methyl/N-ethyl adjacent to an activating group) is 1. The summed E-state index contributed by atoms with van der Waals surface area (Å²) in [5.41, 5.74) is 4.83. The predicted octanol–water partition coefficient (Wildman–Crippen LogP) is 1.76. The molecule has 2 nitrogen and oxygen atoms in total. The van der Waals surface area contributed by atoms with E-state index in [2.05, 4.69) is 0 Å². The molecule has 0 saturated carbocycles. The molecule has 0 fully saturated rings. The SMILES string of the molecule is CCN(CC(F)(F)F)C(CN)C(F)(F)F. The molecule has 0 saturated heterocycles. The fraction of sp³-hybridized carbons (Fsp3) is 1.00. The highest BCUT2D eigenvalue weighted by Gasteiger charge is 2.45. The van der Waals surface area contributed by atoms with Crippen LogP contribution < -0.4 is 5.73 Å². The van der Waals surface area contributed by atoms with Crippen molar-refractivity contribution in [3.63, 3.8) is 0 Å². The second-order valence-electron chi connectivity index (χ2n) is 2.97. The fourth-order valence-corrected chi connectivity index (χ4v) is 1.16. The molecule has 2 N–H and O–H groups in total. The summed E-state index contributed by atoms with van der Waals surface area (Å²) in [6.07, 6.45) is -9.40. The van der Waals surface area contributed by atoms with E-state index < -0.39 is 31.5 Å². The van der Waals surface area contributed by atoms with Crippen molar-refractivity contribution in [3.05, 3.63) is 0 Å². The van der Waals surface area contributed by atoms with Crippen molar-refractivity contribution >= 4 is 0 Å². The number of hydrogen-bond donors (Lipinski definition) is 1. The molecule has 0 amide bonds. The summed E-state index contributed by atoms with van der Waals surface area (Å²) in [5, 5.41) is 0. The Balaban J connectivity index is 4.63. The van der Waals surface area contributed by atoms with Gasteiger partial charge in [0.25, 0.3) is 0 Å². The van der Waals surface area contributed by atoms with E-state index in [4.69, 9.17) is 5.73 Å². The highest BCUT2D eigenvalue weighted by molar-refractivity contribution is 4.80. The number of alkyl halides is 6. The number of nitrogens with zero attached hydrogens (tertiary/aromatic N) is 1. The first kappa shape index (κ1) is 14.5. The molecule has 0 aromatic heterocycles. The molecular formula is C7H12F6N2. The van der Waals surface area contributed by atoms with Gasteiger partial charge in [-0.1, -0.05) is 6.92 Å². The Morgan fingerprint density at radius 3 is 1.80 bits per heavy atom. The molecular weight excluding hydrogens is 226 g/mol. The Morgan fingerprint density at radius 2 is 1.60 bits per heavy atom. The minimum Gasteiger partial charge on any atom is -0.329 e. The van der Waals surface area contributed by atoms with Crippen molar-refractivity contribution in [3.8, 4) is 0 Å². The summed E-state index contributed by atoms with van der Waals surface area (Å²) in [6.45, 7) is -1.63. The van der Waals surface area contributed by atoms with Gasteiger partial charge in [-0.3, -0.25) is 4.90 Å². The first-order valence-electron chi connectivity index (χ1n) is 4.19. The van der Waals surface area contributed by atoms with Gasteiger partial charge in [0.1, 0.15) is 6.04 Å². The van der Waals surface area contributed by atoms with Gasteiger partial charge in [-0.05, 0) is 6.54 Å². The first-order chi connectivity index (χ1) is 6.61. The smallest absolute Gasteiger partial charge is 0.329 e. The molecule has 0 aromatic carbocycles. The Kier molecular flexibility index (Phi) is 4.85. The molecule has 0 aliphatic carbocycles. The summed E-state index contributed by atoms with van der Waals surface area (Å²) in [5.74, 6) is 0. The molecule has 0 aliphatic heterocycles. The number of hydrogen-bond acceptors (Lipinski definition) is 2. The summed E-state index contributed by atoms with van der Waals surface area (Å²) >= 11 is 0. The normalized spacial score (nSPS) is 15.8. The van der Waals surface area contributed by atoms with Crippen LogP contribution >= 0.6 is 0 Å². The van der Waals surface area contributed by atoms with Crippen molar-refractivity contribution in [1.82, 2.24) is 4.90 Å². The highest BCUT2D eigenvalue weighted by atomic mass is 19.4.